The van der Waals surface area contributed by atoms with Crippen LogP contribution in [0.15, 0.2) is 5.16 Å². The number of carbonyl (C=O) groups is 1. The molecule has 1 atom stereocenters. The number of hydrogen-bond donors (Lipinski definition) is 0. The summed E-state index contributed by atoms with van der Waals surface area (Å²) in [5, 5.41) is 8.90. The van der Waals surface area contributed by atoms with Gasteiger partial charge in [-0.05, 0) is 19.3 Å². The van der Waals surface area contributed by atoms with Crippen LogP contribution in [0.25, 0.3) is 0 Å². The standard InChI is InChI=1S/C12H17N3O4S2/c1-15-11(8-2-3-8)13-14-12(15)20-6-10(16)19-9-4-5-21(17,18)7-9/h8-9H,2-7H2,1H3/t9-/m1/s1. The van der Waals surface area contributed by atoms with Crippen LogP contribution in [-0.2, 0) is 26.4 Å². The summed E-state index contributed by atoms with van der Waals surface area (Å²) in [7, 11) is -1.13. The van der Waals surface area contributed by atoms with Crippen LogP contribution in [0.5, 0.6) is 0 Å². The first kappa shape index (κ1) is 14.8. The number of sulfone groups is 1. The van der Waals surface area contributed by atoms with E-state index < -0.39 is 21.9 Å². The molecule has 0 amide bonds. The Bertz CT molecular complexity index is 651. The number of thioether (sulfide) groups is 1. The largest absolute Gasteiger partial charge is 0.461 e. The molecule has 1 aromatic heterocycles. The van der Waals surface area contributed by atoms with E-state index in [1.165, 1.54) is 11.8 Å². The minimum absolute atomic E-state index is 0.0564. The lowest BCUT2D eigenvalue weighted by atomic mass is 10.3. The average molecular weight is 331 g/mol. The molecule has 21 heavy (non-hydrogen) atoms. The first-order valence-corrected chi connectivity index (χ1v) is 9.67. The first-order valence-electron chi connectivity index (χ1n) is 6.86. The molecule has 0 N–H and O–H groups in total. The van der Waals surface area contributed by atoms with Gasteiger partial charge in [0.15, 0.2) is 15.0 Å². The van der Waals surface area contributed by atoms with Crippen LogP contribution in [0, 0.1) is 0 Å². The molecule has 116 valence electrons. The third kappa shape index (κ3) is 3.57. The fourth-order valence-corrected chi connectivity index (χ4v) is 4.64. The van der Waals surface area contributed by atoms with Crippen molar-refractivity contribution in [3.05, 3.63) is 5.82 Å². The molecule has 0 aromatic carbocycles. The van der Waals surface area contributed by atoms with Gasteiger partial charge in [0.05, 0.1) is 17.3 Å². The van der Waals surface area contributed by atoms with Crippen molar-refractivity contribution in [1.29, 1.82) is 0 Å². The summed E-state index contributed by atoms with van der Waals surface area (Å²) in [4.78, 5) is 11.8. The maximum Gasteiger partial charge on any atom is 0.316 e. The summed E-state index contributed by atoms with van der Waals surface area (Å²) in [6.45, 7) is 0. The fourth-order valence-electron chi connectivity index (χ4n) is 2.35. The Morgan fingerprint density at radius 2 is 2.14 bits per heavy atom. The van der Waals surface area contributed by atoms with Crippen LogP contribution in [0.1, 0.15) is 31.0 Å². The average Bonchev–Trinajstić information content (AvgIpc) is 3.10. The molecule has 0 unspecified atom stereocenters. The summed E-state index contributed by atoms with van der Waals surface area (Å²) in [5.74, 6) is 1.23. The summed E-state index contributed by atoms with van der Waals surface area (Å²) in [5.41, 5.74) is 0. The lowest BCUT2D eigenvalue weighted by Gasteiger charge is -2.09. The Hall–Kier alpha value is -1.09. The monoisotopic (exact) mass is 331 g/mol. The second-order valence-electron chi connectivity index (χ2n) is 5.48. The number of hydrogen-bond acceptors (Lipinski definition) is 7. The van der Waals surface area contributed by atoms with Crippen molar-refractivity contribution in [1.82, 2.24) is 14.8 Å². The zero-order chi connectivity index (χ0) is 15.0. The highest BCUT2D eigenvalue weighted by molar-refractivity contribution is 7.99. The van der Waals surface area contributed by atoms with Gasteiger partial charge in [0.2, 0.25) is 0 Å². The quantitative estimate of drug-likeness (QED) is 0.573. The van der Waals surface area contributed by atoms with Gasteiger partial charge >= 0.3 is 5.97 Å². The molecule has 3 rings (SSSR count). The zero-order valence-electron chi connectivity index (χ0n) is 11.7. The van der Waals surface area contributed by atoms with Gasteiger partial charge in [-0.3, -0.25) is 4.79 Å². The van der Waals surface area contributed by atoms with Gasteiger partial charge < -0.3 is 9.30 Å². The molecule has 0 spiro atoms. The molecule has 2 heterocycles. The van der Waals surface area contributed by atoms with Crippen molar-refractivity contribution in [2.75, 3.05) is 17.3 Å². The van der Waals surface area contributed by atoms with Gasteiger partial charge in [0.1, 0.15) is 11.9 Å². The van der Waals surface area contributed by atoms with E-state index >= 15 is 0 Å². The minimum Gasteiger partial charge on any atom is -0.461 e. The van der Waals surface area contributed by atoms with Gasteiger partial charge in [-0.15, -0.1) is 10.2 Å². The molecule has 1 saturated heterocycles. The minimum atomic E-state index is -3.02. The van der Waals surface area contributed by atoms with Gasteiger partial charge in [0.25, 0.3) is 0 Å². The SMILES string of the molecule is Cn1c(SCC(=O)O[C@@H]2CCS(=O)(=O)C2)nnc1C1CC1. The van der Waals surface area contributed by atoms with E-state index in [0.717, 1.165) is 18.7 Å². The summed E-state index contributed by atoms with van der Waals surface area (Å²) >= 11 is 1.27. The van der Waals surface area contributed by atoms with E-state index in [1.54, 1.807) is 0 Å². The second kappa shape index (κ2) is 5.60. The number of carbonyl (C=O) groups excluding carboxylic acids is 1. The van der Waals surface area contributed by atoms with E-state index in [9.17, 15) is 13.2 Å². The van der Waals surface area contributed by atoms with E-state index in [4.69, 9.17) is 4.74 Å². The smallest absolute Gasteiger partial charge is 0.316 e. The fraction of sp³-hybridized carbons (Fsp3) is 0.750. The predicted octanol–water partition coefficient (Wildman–Crippen LogP) is 0.515. The molecule has 1 aromatic rings. The number of aromatic nitrogens is 3. The first-order chi connectivity index (χ1) is 9.94. The molecule has 1 aliphatic heterocycles. The molecule has 0 bridgehead atoms. The van der Waals surface area contributed by atoms with Gasteiger partial charge in [-0.2, -0.15) is 0 Å². The highest BCUT2D eigenvalue weighted by Crippen LogP contribution is 2.39. The normalized spacial score (nSPS) is 24.1. The lowest BCUT2D eigenvalue weighted by molar-refractivity contribution is -0.144. The van der Waals surface area contributed by atoms with Gasteiger partial charge in [-0.25, -0.2) is 8.42 Å². The van der Waals surface area contributed by atoms with Crippen molar-refractivity contribution in [3.63, 3.8) is 0 Å². The zero-order valence-corrected chi connectivity index (χ0v) is 13.3. The predicted molar refractivity (Wildman–Crippen MR) is 76.9 cm³/mol. The van der Waals surface area contributed by atoms with Crippen molar-refractivity contribution < 1.29 is 17.9 Å². The third-order valence-corrected chi connectivity index (χ3v) is 6.35. The summed E-state index contributed by atoms with van der Waals surface area (Å²) in [6, 6.07) is 0. The van der Waals surface area contributed by atoms with E-state index in [0.29, 0.717) is 17.5 Å². The number of nitrogens with zero attached hydrogens (tertiary/aromatic N) is 3. The van der Waals surface area contributed by atoms with Crippen LogP contribution in [0.4, 0.5) is 0 Å². The number of rotatable bonds is 5. The Morgan fingerprint density at radius 1 is 1.38 bits per heavy atom. The van der Waals surface area contributed by atoms with Crippen LogP contribution >= 0.6 is 11.8 Å². The molecular weight excluding hydrogens is 314 g/mol. The molecule has 0 radical (unpaired) electrons. The molecule has 2 aliphatic rings. The van der Waals surface area contributed by atoms with Crippen molar-refractivity contribution in [2.45, 2.75) is 36.4 Å². The van der Waals surface area contributed by atoms with E-state index in [-0.39, 0.29) is 17.3 Å². The van der Waals surface area contributed by atoms with Crippen LogP contribution < -0.4 is 0 Å². The van der Waals surface area contributed by atoms with Crippen molar-refractivity contribution in [3.8, 4) is 0 Å². The molecule has 9 heteroatoms. The van der Waals surface area contributed by atoms with Crippen molar-refractivity contribution >= 4 is 27.6 Å². The molecule has 1 saturated carbocycles. The summed E-state index contributed by atoms with van der Waals surface area (Å²) in [6.07, 6.45) is 2.20. The van der Waals surface area contributed by atoms with Gasteiger partial charge in [0, 0.05) is 13.0 Å². The van der Waals surface area contributed by atoms with E-state index in [2.05, 4.69) is 10.2 Å². The Labute approximate surface area is 127 Å². The third-order valence-electron chi connectivity index (χ3n) is 3.62. The van der Waals surface area contributed by atoms with Gasteiger partial charge in [-0.1, -0.05) is 11.8 Å². The molecule has 7 nitrogen and oxygen atoms in total. The maximum atomic E-state index is 11.8. The van der Waals surface area contributed by atoms with Crippen LogP contribution in [0.2, 0.25) is 0 Å². The van der Waals surface area contributed by atoms with Crippen LogP contribution in [0.3, 0.4) is 0 Å². The number of ether oxygens (including phenoxy) is 1. The van der Waals surface area contributed by atoms with E-state index in [1.807, 2.05) is 11.6 Å². The van der Waals surface area contributed by atoms with Crippen molar-refractivity contribution in [2.24, 2.45) is 7.05 Å². The Morgan fingerprint density at radius 3 is 2.76 bits per heavy atom. The number of esters is 1. The second-order valence-corrected chi connectivity index (χ2v) is 8.65. The molecular formula is C12H17N3O4S2. The Balaban J connectivity index is 1.50. The molecule has 1 aliphatic carbocycles. The topological polar surface area (TPSA) is 91.2 Å². The maximum absolute atomic E-state index is 11.8. The van der Waals surface area contributed by atoms with Crippen LogP contribution in [-0.4, -0.2) is 52.5 Å². The highest BCUT2D eigenvalue weighted by Gasteiger charge is 2.31. The summed E-state index contributed by atoms with van der Waals surface area (Å²) < 4.78 is 29.7. The molecule has 2 fully saturated rings. The lowest BCUT2D eigenvalue weighted by Crippen LogP contribution is -2.20. The Kier molecular flexibility index (Phi) is 3.96. The highest BCUT2D eigenvalue weighted by atomic mass is 32.2.